The highest BCUT2D eigenvalue weighted by molar-refractivity contribution is 6.14. The van der Waals surface area contributed by atoms with Crippen LogP contribution in [0.25, 0.3) is 0 Å². The number of benzene rings is 1. The van der Waals surface area contributed by atoms with Crippen molar-refractivity contribution in [2.75, 3.05) is 0 Å². The molecule has 1 aromatic carbocycles. The summed E-state index contributed by atoms with van der Waals surface area (Å²) < 4.78 is 1.29. The Balaban J connectivity index is 2.70. The zero-order valence-corrected chi connectivity index (χ0v) is 11.5. The normalized spacial score (nSPS) is 11.6. The molecule has 0 radical (unpaired) electrons. The highest BCUT2D eigenvalue weighted by Crippen LogP contribution is 2.13. The van der Waals surface area contributed by atoms with E-state index in [0.717, 1.165) is 6.42 Å². The summed E-state index contributed by atoms with van der Waals surface area (Å²) in [4.78, 5) is 11.9. The molecule has 0 saturated carbocycles. The molecule has 0 aromatic heterocycles. The second-order valence-corrected chi connectivity index (χ2v) is 5.28. The lowest BCUT2D eigenvalue weighted by atomic mass is 10.1. The Morgan fingerprint density at radius 3 is 2.24 bits per heavy atom. The van der Waals surface area contributed by atoms with Crippen molar-refractivity contribution in [3.05, 3.63) is 35.4 Å². The van der Waals surface area contributed by atoms with E-state index in [2.05, 4.69) is 12.3 Å². The fraction of sp³-hybridized carbons (Fsp3) is 0.462. The first kappa shape index (κ1) is 14.0. The van der Waals surface area contributed by atoms with Crippen LogP contribution >= 0.6 is 11.8 Å². The summed E-state index contributed by atoms with van der Waals surface area (Å²) in [7, 11) is 0. The van der Waals surface area contributed by atoms with E-state index < -0.39 is 0 Å². The van der Waals surface area contributed by atoms with Crippen LogP contribution in [-0.4, -0.2) is 16.0 Å². The maximum Gasteiger partial charge on any atom is 0.266 e. The van der Waals surface area contributed by atoms with Crippen LogP contribution < -0.4 is 5.43 Å². The molecular weight excluding hydrogens is 236 g/mol. The first-order valence-corrected chi connectivity index (χ1v) is 6.04. The summed E-state index contributed by atoms with van der Waals surface area (Å²) in [6, 6.07) is 7.51. The Hall–Kier alpha value is -1.06. The minimum absolute atomic E-state index is 0.197. The molecule has 1 aromatic rings. The van der Waals surface area contributed by atoms with Gasteiger partial charge in [0, 0.05) is 22.9 Å². The molecule has 3 nitrogen and oxygen atoms in total. The maximum atomic E-state index is 11.9. The average molecular weight is 255 g/mol. The van der Waals surface area contributed by atoms with Gasteiger partial charge in [-0.25, -0.2) is 0 Å². The SMILES string of the molecule is CCc1ccc(C(=O)NN(Cl)C(C)(C)C)cc1. The molecule has 1 N–H and O–H groups in total. The Labute approximate surface area is 108 Å². The van der Waals surface area contributed by atoms with Gasteiger partial charge in [0.2, 0.25) is 0 Å². The number of amides is 1. The lowest BCUT2D eigenvalue weighted by molar-refractivity contribution is 0.0806. The molecule has 0 fully saturated rings. The van der Waals surface area contributed by atoms with Gasteiger partial charge >= 0.3 is 0 Å². The van der Waals surface area contributed by atoms with Gasteiger partial charge in [-0.05, 0) is 44.9 Å². The minimum atomic E-state index is -0.319. The number of rotatable bonds is 3. The van der Waals surface area contributed by atoms with E-state index in [4.69, 9.17) is 11.8 Å². The van der Waals surface area contributed by atoms with E-state index in [1.165, 1.54) is 10.1 Å². The van der Waals surface area contributed by atoms with Crippen molar-refractivity contribution in [2.45, 2.75) is 39.7 Å². The molecule has 17 heavy (non-hydrogen) atoms. The largest absolute Gasteiger partial charge is 0.270 e. The first-order valence-electron chi connectivity index (χ1n) is 5.70. The molecule has 94 valence electrons. The van der Waals surface area contributed by atoms with Crippen LogP contribution in [0.4, 0.5) is 0 Å². The first-order chi connectivity index (χ1) is 7.84. The molecule has 1 rings (SSSR count). The van der Waals surface area contributed by atoms with Crippen LogP contribution in [0.3, 0.4) is 0 Å². The standard InChI is InChI=1S/C13H19ClN2O/c1-5-10-6-8-11(9-7-10)12(17)15-16(14)13(2,3)4/h6-9H,5H2,1-4H3,(H,15,17). The third kappa shape index (κ3) is 4.02. The maximum absolute atomic E-state index is 11.9. The van der Waals surface area contributed by atoms with Crippen LogP contribution in [-0.2, 0) is 6.42 Å². The van der Waals surface area contributed by atoms with Gasteiger partial charge in [0.15, 0.2) is 0 Å². The molecule has 0 aliphatic rings. The molecule has 4 heteroatoms. The molecule has 0 saturated heterocycles. The van der Waals surface area contributed by atoms with E-state index >= 15 is 0 Å². The molecule has 0 unspecified atom stereocenters. The van der Waals surface area contributed by atoms with Crippen LogP contribution in [0.1, 0.15) is 43.6 Å². The number of hydrogen-bond donors (Lipinski definition) is 1. The molecule has 1 amide bonds. The Kier molecular flexibility index (Phi) is 4.54. The van der Waals surface area contributed by atoms with E-state index in [0.29, 0.717) is 5.56 Å². The van der Waals surface area contributed by atoms with Gasteiger partial charge in [0.25, 0.3) is 5.91 Å². The summed E-state index contributed by atoms with van der Waals surface area (Å²) in [5, 5.41) is 0. The van der Waals surface area contributed by atoms with Crippen LogP contribution in [0.15, 0.2) is 24.3 Å². The van der Waals surface area contributed by atoms with Crippen molar-refractivity contribution >= 4 is 17.7 Å². The van der Waals surface area contributed by atoms with Gasteiger partial charge in [-0.2, -0.15) is 0 Å². The fourth-order valence-electron chi connectivity index (χ4n) is 1.21. The Bertz CT molecular complexity index is 381. The summed E-state index contributed by atoms with van der Waals surface area (Å²) in [5.41, 5.74) is 4.13. The number of hydrogen-bond acceptors (Lipinski definition) is 2. The Morgan fingerprint density at radius 1 is 1.29 bits per heavy atom. The van der Waals surface area contributed by atoms with Crippen molar-refractivity contribution in [1.82, 2.24) is 9.95 Å². The zero-order valence-electron chi connectivity index (χ0n) is 10.7. The molecule has 0 aliphatic heterocycles. The van der Waals surface area contributed by atoms with Gasteiger partial charge in [0.1, 0.15) is 0 Å². The van der Waals surface area contributed by atoms with E-state index in [-0.39, 0.29) is 11.4 Å². The smallest absolute Gasteiger partial charge is 0.266 e. The van der Waals surface area contributed by atoms with Gasteiger partial charge in [-0.1, -0.05) is 19.1 Å². The zero-order chi connectivity index (χ0) is 13.1. The van der Waals surface area contributed by atoms with Crippen molar-refractivity contribution < 1.29 is 4.79 Å². The van der Waals surface area contributed by atoms with E-state index in [9.17, 15) is 4.79 Å². The lowest BCUT2D eigenvalue weighted by Crippen LogP contribution is -2.46. The summed E-state index contributed by atoms with van der Waals surface area (Å²) >= 11 is 5.96. The van der Waals surface area contributed by atoms with Crippen molar-refractivity contribution in [3.8, 4) is 0 Å². The average Bonchev–Trinajstić information content (AvgIpc) is 2.27. The molecule has 0 aliphatic carbocycles. The Morgan fingerprint density at radius 2 is 1.82 bits per heavy atom. The van der Waals surface area contributed by atoms with Crippen LogP contribution in [0.5, 0.6) is 0 Å². The van der Waals surface area contributed by atoms with Gasteiger partial charge in [0.05, 0.1) is 0 Å². The third-order valence-electron chi connectivity index (χ3n) is 2.41. The summed E-state index contributed by atoms with van der Waals surface area (Å²) in [6.45, 7) is 7.83. The fourth-order valence-corrected chi connectivity index (χ4v) is 1.29. The van der Waals surface area contributed by atoms with Crippen LogP contribution in [0, 0.1) is 0 Å². The number of hydrazine groups is 1. The minimum Gasteiger partial charge on any atom is -0.270 e. The highest BCUT2D eigenvalue weighted by atomic mass is 35.5. The number of aryl methyl sites for hydroxylation is 1. The lowest BCUT2D eigenvalue weighted by Gasteiger charge is -2.28. The number of carbonyl (C=O) groups excluding carboxylic acids is 1. The monoisotopic (exact) mass is 254 g/mol. The van der Waals surface area contributed by atoms with Crippen molar-refractivity contribution in [2.24, 2.45) is 0 Å². The van der Waals surface area contributed by atoms with Crippen LogP contribution in [0.2, 0.25) is 0 Å². The topological polar surface area (TPSA) is 32.3 Å². The van der Waals surface area contributed by atoms with E-state index in [1.54, 1.807) is 0 Å². The van der Waals surface area contributed by atoms with Crippen molar-refractivity contribution in [3.63, 3.8) is 0 Å². The molecule has 0 bridgehead atoms. The molecular formula is C13H19ClN2O. The van der Waals surface area contributed by atoms with Gasteiger partial charge in [-0.15, -0.1) is 4.53 Å². The highest BCUT2D eigenvalue weighted by Gasteiger charge is 2.21. The second kappa shape index (κ2) is 5.52. The predicted octanol–water partition coefficient (Wildman–Crippen LogP) is 3.15. The number of nitrogens with zero attached hydrogens (tertiary/aromatic N) is 1. The third-order valence-corrected chi connectivity index (χ3v) is 3.00. The number of carbonyl (C=O) groups is 1. The van der Waals surface area contributed by atoms with Crippen molar-refractivity contribution in [1.29, 1.82) is 0 Å². The molecule has 0 spiro atoms. The predicted molar refractivity (Wildman–Crippen MR) is 70.7 cm³/mol. The summed E-state index contributed by atoms with van der Waals surface area (Å²) in [5.74, 6) is -0.197. The number of nitrogens with one attached hydrogen (secondary N) is 1. The second-order valence-electron chi connectivity index (χ2n) is 4.94. The van der Waals surface area contributed by atoms with E-state index in [1.807, 2.05) is 45.0 Å². The van der Waals surface area contributed by atoms with Gasteiger partial charge < -0.3 is 0 Å². The molecule has 0 atom stereocenters. The number of halogens is 1. The van der Waals surface area contributed by atoms with Gasteiger partial charge in [-0.3, -0.25) is 10.2 Å². The molecule has 0 heterocycles. The summed E-state index contributed by atoms with van der Waals surface area (Å²) in [6.07, 6.45) is 0.964. The quantitative estimate of drug-likeness (QED) is 0.664.